The molecular weight excluding hydrogens is 715 g/mol. The molecule has 3 heteroatoms. The fourth-order valence-corrected chi connectivity index (χ4v) is 19.4. The van der Waals surface area contributed by atoms with Crippen LogP contribution in [0.15, 0.2) is 103 Å². The lowest BCUT2D eigenvalue weighted by molar-refractivity contribution is -0.263. The van der Waals surface area contributed by atoms with E-state index < -0.39 is 0 Å². The van der Waals surface area contributed by atoms with E-state index in [2.05, 4.69) is 110 Å². The number of benzene rings is 4. The zero-order chi connectivity index (χ0) is 38.4. The minimum absolute atomic E-state index is 0.375. The maximum Gasteiger partial charge on any atom is 0.164 e. The normalized spacial score (nSPS) is 44.3. The first kappa shape index (κ1) is 33.6. The summed E-state index contributed by atoms with van der Waals surface area (Å²) in [5.74, 6) is 15.1. The largest absolute Gasteiger partial charge is 0.208 e. The minimum Gasteiger partial charge on any atom is -0.208 e. The first-order valence-electron chi connectivity index (χ1n) is 24.1. The van der Waals surface area contributed by atoms with Gasteiger partial charge in [-0.05, 0) is 187 Å². The third-order valence-corrected chi connectivity index (χ3v) is 21.0. The molecule has 14 fully saturated rings. The molecule has 296 valence electrons. The second kappa shape index (κ2) is 11.4. The van der Waals surface area contributed by atoms with Crippen molar-refractivity contribution in [2.45, 2.75) is 94.8 Å². The predicted octanol–water partition coefficient (Wildman–Crippen LogP) is 12.8. The number of rotatable bonds is 6. The lowest BCUT2D eigenvalue weighted by atomic mass is 9.26. The average molecular weight is 772 g/mol. The predicted molar refractivity (Wildman–Crippen MR) is 234 cm³/mol. The van der Waals surface area contributed by atoms with Gasteiger partial charge >= 0.3 is 0 Å². The van der Waals surface area contributed by atoms with E-state index in [0.29, 0.717) is 16.2 Å². The summed E-state index contributed by atoms with van der Waals surface area (Å²) in [4.78, 5) is 15.8. The number of aromatic nitrogens is 3. The summed E-state index contributed by atoms with van der Waals surface area (Å²) >= 11 is 0. The zero-order valence-corrected chi connectivity index (χ0v) is 34.6. The lowest BCUT2D eigenvalue weighted by Gasteiger charge is -2.78. The zero-order valence-electron chi connectivity index (χ0n) is 34.6. The summed E-state index contributed by atoms with van der Waals surface area (Å²) in [7, 11) is 0. The van der Waals surface area contributed by atoms with E-state index in [1.54, 1.807) is 30.4 Å². The van der Waals surface area contributed by atoms with E-state index in [0.717, 1.165) is 111 Å². The van der Waals surface area contributed by atoms with Crippen LogP contribution in [0, 0.1) is 82.3 Å². The van der Waals surface area contributed by atoms with Gasteiger partial charge in [-0.2, -0.15) is 0 Å². The Morgan fingerprint density at radius 1 is 0.390 bits per heavy atom. The molecular formula is C56H57N3. The van der Waals surface area contributed by atoms with Gasteiger partial charge in [-0.25, -0.2) is 15.0 Å². The molecule has 0 saturated heterocycles. The van der Waals surface area contributed by atoms with Crippen LogP contribution in [0.5, 0.6) is 0 Å². The van der Waals surface area contributed by atoms with Gasteiger partial charge in [0.1, 0.15) is 0 Å². The van der Waals surface area contributed by atoms with Gasteiger partial charge < -0.3 is 0 Å². The molecule has 1 aromatic heterocycles. The lowest BCUT2D eigenvalue weighted by Crippen LogP contribution is -2.73. The van der Waals surface area contributed by atoms with E-state index in [4.69, 9.17) is 15.0 Å². The van der Waals surface area contributed by atoms with Crippen molar-refractivity contribution in [3.63, 3.8) is 0 Å². The second-order valence-electron chi connectivity index (χ2n) is 22.9. The Kier molecular flexibility index (Phi) is 6.50. The summed E-state index contributed by atoms with van der Waals surface area (Å²) in [6.45, 7) is 2.73. The van der Waals surface area contributed by atoms with Crippen LogP contribution in [-0.2, 0) is 10.8 Å². The van der Waals surface area contributed by atoms with E-state index in [1.165, 1.54) is 68.9 Å². The topological polar surface area (TPSA) is 38.7 Å². The molecule has 4 aromatic carbocycles. The molecule has 8 unspecified atom stereocenters. The first-order chi connectivity index (χ1) is 28.9. The summed E-state index contributed by atoms with van der Waals surface area (Å²) in [6, 6.07) is 39.0. The van der Waals surface area contributed by atoms with E-state index >= 15 is 0 Å². The molecule has 0 radical (unpaired) electrons. The highest BCUT2D eigenvalue weighted by atomic mass is 15.0. The van der Waals surface area contributed by atoms with Crippen LogP contribution in [0.1, 0.15) is 95.1 Å². The third kappa shape index (κ3) is 4.34. The average Bonchev–Trinajstić information content (AvgIpc) is 3.29. The van der Waals surface area contributed by atoms with Crippen molar-refractivity contribution in [2.75, 3.05) is 0 Å². The minimum atomic E-state index is 0.375. The summed E-state index contributed by atoms with van der Waals surface area (Å²) in [6.07, 6.45) is 17.9. The van der Waals surface area contributed by atoms with Crippen molar-refractivity contribution in [1.82, 2.24) is 15.0 Å². The molecule has 0 N–H and O–H groups in total. The molecule has 8 atom stereocenters. The van der Waals surface area contributed by atoms with Crippen molar-refractivity contribution < 1.29 is 0 Å². The van der Waals surface area contributed by atoms with Gasteiger partial charge in [0.25, 0.3) is 0 Å². The molecule has 0 amide bonds. The fourth-order valence-electron chi connectivity index (χ4n) is 19.4. The summed E-state index contributed by atoms with van der Waals surface area (Å²) < 4.78 is 0. The van der Waals surface area contributed by atoms with Gasteiger partial charge in [-0.3, -0.25) is 0 Å². The summed E-state index contributed by atoms with van der Waals surface area (Å²) in [5.41, 5.74) is 10.2. The SMILES string of the molecule is CC12CC3CC4C1CC1CC4C(c4ccc(-c5nc(-c6ccc(-c7ccccc7)cc6)nc(-c6ccc(C78CC9C%10CC%11CC9C(C7)C(C%11)C%10C8)cc6)n5)cc4)(C3)C2C1. The Labute approximate surface area is 350 Å². The van der Waals surface area contributed by atoms with Crippen molar-refractivity contribution in [3.8, 4) is 45.3 Å². The van der Waals surface area contributed by atoms with Crippen molar-refractivity contribution in [2.24, 2.45) is 82.3 Å². The molecule has 14 aliphatic rings. The highest BCUT2D eigenvalue weighted by molar-refractivity contribution is 5.70. The number of hydrogen-bond donors (Lipinski definition) is 0. The van der Waals surface area contributed by atoms with Gasteiger partial charge in [0, 0.05) is 22.1 Å². The third-order valence-electron chi connectivity index (χ3n) is 21.0. The smallest absolute Gasteiger partial charge is 0.164 e. The van der Waals surface area contributed by atoms with Crippen LogP contribution in [0.3, 0.4) is 0 Å². The van der Waals surface area contributed by atoms with E-state index in [9.17, 15) is 0 Å². The van der Waals surface area contributed by atoms with Crippen LogP contribution in [0.25, 0.3) is 45.3 Å². The van der Waals surface area contributed by atoms with Crippen LogP contribution < -0.4 is 0 Å². The Bertz CT molecular complexity index is 2460. The van der Waals surface area contributed by atoms with Crippen LogP contribution in [0.4, 0.5) is 0 Å². The Morgan fingerprint density at radius 2 is 0.864 bits per heavy atom. The van der Waals surface area contributed by atoms with E-state index in [1.807, 2.05) is 0 Å². The molecule has 59 heavy (non-hydrogen) atoms. The van der Waals surface area contributed by atoms with Crippen LogP contribution in [0.2, 0.25) is 0 Å². The maximum atomic E-state index is 5.32. The Morgan fingerprint density at radius 3 is 1.46 bits per heavy atom. The van der Waals surface area contributed by atoms with Crippen LogP contribution >= 0.6 is 0 Å². The molecule has 0 aliphatic heterocycles. The van der Waals surface area contributed by atoms with Gasteiger partial charge in [-0.15, -0.1) is 0 Å². The van der Waals surface area contributed by atoms with E-state index in [-0.39, 0.29) is 0 Å². The van der Waals surface area contributed by atoms with Gasteiger partial charge in [0.15, 0.2) is 17.5 Å². The maximum absolute atomic E-state index is 5.32. The monoisotopic (exact) mass is 771 g/mol. The van der Waals surface area contributed by atoms with Crippen LogP contribution in [-0.4, -0.2) is 15.0 Å². The number of hydrogen-bond acceptors (Lipinski definition) is 3. The highest BCUT2D eigenvalue weighted by Gasteiger charge is 2.74. The first-order valence-corrected chi connectivity index (χ1v) is 24.1. The molecule has 3 nitrogen and oxygen atoms in total. The standard InChI is InChI=1S/C56H57N3/c1-54-26-33-22-44-48(54)23-32-24-49(44)56(27-33,50(54)25-32)40-17-13-38(14-18-40)53-58-51(36-9-7-35(8-10-36)34-5-3-2-4-6-34)57-52(59-53)37-11-15-39(16-12-37)55-28-45-41-19-31-20-42(45)47(30-55)43(21-31)46(41)29-55/h2-18,31-33,41-50H,19-30H2,1H3. The van der Waals surface area contributed by atoms with Gasteiger partial charge in [-0.1, -0.05) is 110 Å². The second-order valence-corrected chi connectivity index (χ2v) is 22.9. The number of nitrogens with zero attached hydrogens (tertiary/aromatic N) is 3. The summed E-state index contributed by atoms with van der Waals surface area (Å²) in [5, 5.41) is 0. The molecule has 5 aromatic rings. The highest BCUT2D eigenvalue weighted by Crippen LogP contribution is 2.80. The molecule has 14 saturated carbocycles. The van der Waals surface area contributed by atoms with Gasteiger partial charge in [0.05, 0.1) is 0 Å². The van der Waals surface area contributed by atoms with Crippen molar-refractivity contribution in [1.29, 1.82) is 0 Å². The molecule has 0 spiro atoms. The molecule has 14 aliphatic carbocycles. The molecule has 16 bridgehead atoms. The Hall–Kier alpha value is -4.11. The Balaban J connectivity index is 0.797. The quantitative estimate of drug-likeness (QED) is 0.173. The van der Waals surface area contributed by atoms with Crippen molar-refractivity contribution in [3.05, 3.63) is 114 Å². The molecule has 1 heterocycles. The molecule has 19 rings (SSSR count). The van der Waals surface area contributed by atoms with Gasteiger partial charge in [0.2, 0.25) is 0 Å². The van der Waals surface area contributed by atoms with Crippen molar-refractivity contribution >= 4 is 0 Å². The fraction of sp³-hybridized carbons (Fsp3) is 0.518.